The van der Waals surface area contributed by atoms with Crippen LogP contribution in [0.25, 0.3) is 0 Å². The summed E-state index contributed by atoms with van der Waals surface area (Å²) < 4.78 is 34.1. The molecule has 11 heteroatoms. The highest BCUT2D eigenvalue weighted by atomic mass is 35.5. The van der Waals surface area contributed by atoms with Crippen molar-refractivity contribution in [3.8, 4) is 5.75 Å². The summed E-state index contributed by atoms with van der Waals surface area (Å²) in [6, 6.07) is 18.4. The molecule has 1 aliphatic rings. The first kappa shape index (κ1) is 31.7. The molecule has 1 fully saturated rings. The first-order valence-electron chi connectivity index (χ1n) is 13.9. The number of sulfonamides is 1. The molecule has 0 spiro atoms. The van der Waals surface area contributed by atoms with Crippen molar-refractivity contribution in [1.82, 2.24) is 10.2 Å². The lowest BCUT2D eigenvalue weighted by molar-refractivity contribution is -0.139. The SMILES string of the molecule is COc1ccc(S(=O)(=O)N(CC(=O)N(Cc2c(Cl)cccc2Cl)[C@@H](C)C(=O)NC2CCCCC2)c2ccccc2)cc1. The molecule has 0 unspecified atom stereocenters. The van der Waals surface area contributed by atoms with Crippen LogP contribution in [-0.4, -0.2) is 50.9 Å². The van der Waals surface area contributed by atoms with Crippen molar-refractivity contribution in [1.29, 1.82) is 0 Å². The molecule has 0 saturated heterocycles. The lowest BCUT2D eigenvalue weighted by Crippen LogP contribution is -2.53. The lowest BCUT2D eigenvalue weighted by Gasteiger charge is -2.33. The minimum Gasteiger partial charge on any atom is -0.497 e. The van der Waals surface area contributed by atoms with E-state index in [9.17, 15) is 18.0 Å². The average molecular weight is 633 g/mol. The van der Waals surface area contributed by atoms with E-state index in [0.717, 1.165) is 36.4 Å². The van der Waals surface area contributed by atoms with Crippen LogP contribution >= 0.6 is 23.2 Å². The van der Waals surface area contributed by atoms with Gasteiger partial charge in [-0.25, -0.2) is 8.42 Å². The van der Waals surface area contributed by atoms with E-state index in [1.165, 1.54) is 24.1 Å². The molecular formula is C31H35Cl2N3O5S. The molecule has 1 atom stereocenters. The van der Waals surface area contributed by atoms with Crippen LogP contribution in [0.5, 0.6) is 5.75 Å². The minimum atomic E-state index is -4.19. The predicted octanol–water partition coefficient (Wildman–Crippen LogP) is 6.06. The number of carbonyl (C=O) groups excluding carboxylic acids is 2. The normalized spacial score (nSPS) is 14.6. The van der Waals surface area contributed by atoms with Crippen molar-refractivity contribution in [2.24, 2.45) is 0 Å². The number of hydrogen-bond donors (Lipinski definition) is 1. The van der Waals surface area contributed by atoms with Crippen molar-refractivity contribution in [3.63, 3.8) is 0 Å². The molecule has 1 aliphatic carbocycles. The smallest absolute Gasteiger partial charge is 0.264 e. The van der Waals surface area contributed by atoms with Crippen LogP contribution in [0.1, 0.15) is 44.6 Å². The van der Waals surface area contributed by atoms with Crippen LogP contribution in [-0.2, 0) is 26.2 Å². The highest BCUT2D eigenvalue weighted by Gasteiger charge is 2.33. The molecule has 8 nitrogen and oxygen atoms in total. The van der Waals surface area contributed by atoms with Gasteiger partial charge < -0.3 is 15.0 Å². The third-order valence-electron chi connectivity index (χ3n) is 7.48. The van der Waals surface area contributed by atoms with Crippen LogP contribution in [0.15, 0.2) is 77.7 Å². The topological polar surface area (TPSA) is 96.0 Å². The maximum absolute atomic E-state index is 14.1. The summed E-state index contributed by atoms with van der Waals surface area (Å²) in [4.78, 5) is 28.9. The molecule has 3 aromatic carbocycles. The van der Waals surface area contributed by atoms with Gasteiger partial charge in [-0.3, -0.25) is 13.9 Å². The molecule has 0 aromatic heterocycles. The standard InChI is InChI=1S/C31H35Cl2N3O5S/c1-22(31(38)34-23-10-5-3-6-11-23)35(20-27-28(32)14-9-15-29(27)33)30(37)21-36(24-12-7-4-8-13-24)42(39,40)26-18-16-25(41-2)17-19-26/h4,7-9,12-19,22-23H,3,5-6,10-11,20-21H2,1-2H3,(H,34,38)/t22-/m0/s1. The third kappa shape index (κ3) is 7.56. The Labute approximate surface area is 257 Å². The number of hydrogen-bond acceptors (Lipinski definition) is 5. The lowest BCUT2D eigenvalue weighted by atomic mass is 9.95. The van der Waals surface area contributed by atoms with Gasteiger partial charge in [0.05, 0.1) is 17.7 Å². The number of ether oxygens (including phenoxy) is 1. The number of nitrogens with one attached hydrogen (secondary N) is 1. The van der Waals surface area contributed by atoms with Crippen LogP contribution in [0.2, 0.25) is 10.0 Å². The summed E-state index contributed by atoms with van der Waals surface area (Å²) in [5.41, 5.74) is 0.771. The average Bonchev–Trinajstić information content (AvgIpc) is 3.00. The van der Waals surface area contributed by atoms with Crippen LogP contribution in [0.3, 0.4) is 0 Å². The number of nitrogens with zero attached hydrogens (tertiary/aromatic N) is 2. The van der Waals surface area contributed by atoms with Gasteiger partial charge >= 0.3 is 0 Å². The highest BCUT2D eigenvalue weighted by molar-refractivity contribution is 7.92. The summed E-state index contributed by atoms with van der Waals surface area (Å²) in [6.45, 7) is 0.995. The molecule has 0 heterocycles. The number of amides is 2. The van der Waals surface area contributed by atoms with Gasteiger partial charge in [-0.15, -0.1) is 0 Å². The fourth-order valence-electron chi connectivity index (χ4n) is 5.00. The van der Waals surface area contributed by atoms with Crippen molar-refractivity contribution in [2.75, 3.05) is 18.0 Å². The molecule has 1 N–H and O–H groups in total. The van der Waals surface area contributed by atoms with E-state index in [0.29, 0.717) is 27.0 Å². The number of methoxy groups -OCH3 is 1. The van der Waals surface area contributed by atoms with Gasteiger partial charge in [0.25, 0.3) is 10.0 Å². The Morgan fingerprint density at radius 1 is 0.929 bits per heavy atom. The molecule has 0 aliphatic heterocycles. The number of anilines is 1. The molecule has 42 heavy (non-hydrogen) atoms. The Hall–Kier alpha value is -3.27. The zero-order valence-corrected chi connectivity index (χ0v) is 26.0. The Kier molecular flexibility index (Phi) is 10.8. The number of rotatable bonds is 11. The minimum absolute atomic E-state index is 0.0104. The van der Waals surface area contributed by atoms with Gasteiger partial charge in [-0.05, 0) is 68.3 Å². The van der Waals surface area contributed by atoms with E-state index < -0.39 is 28.5 Å². The fraction of sp³-hybridized carbons (Fsp3) is 0.355. The molecule has 0 radical (unpaired) electrons. The Balaban J connectivity index is 1.69. The monoisotopic (exact) mass is 631 g/mol. The fourth-order valence-corrected chi connectivity index (χ4v) is 6.93. The van der Waals surface area contributed by atoms with Crippen LogP contribution < -0.4 is 14.4 Å². The molecule has 1 saturated carbocycles. The van der Waals surface area contributed by atoms with Crippen molar-refractivity contribution >= 4 is 50.7 Å². The van der Waals surface area contributed by atoms with E-state index in [-0.39, 0.29) is 23.4 Å². The number of halogens is 2. The van der Waals surface area contributed by atoms with Gasteiger partial charge in [0.2, 0.25) is 11.8 Å². The molecule has 3 aromatic rings. The summed E-state index contributed by atoms with van der Waals surface area (Å²) in [6.07, 6.45) is 4.96. The van der Waals surface area contributed by atoms with Gasteiger partial charge in [-0.2, -0.15) is 0 Å². The van der Waals surface area contributed by atoms with Gasteiger partial charge in [0, 0.05) is 28.2 Å². The zero-order valence-electron chi connectivity index (χ0n) is 23.6. The summed E-state index contributed by atoms with van der Waals surface area (Å²) in [5, 5.41) is 3.76. The molecule has 4 rings (SSSR count). The number of carbonyl (C=O) groups is 2. The number of para-hydroxylation sites is 1. The van der Waals surface area contributed by atoms with Crippen LogP contribution in [0, 0.1) is 0 Å². The van der Waals surface area contributed by atoms with Gasteiger partial charge in [0.1, 0.15) is 18.3 Å². The van der Waals surface area contributed by atoms with Crippen molar-refractivity contribution in [2.45, 2.75) is 62.6 Å². The third-order valence-corrected chi connectivity index (χ3v) is 9.98. The summed E-state index contributed by atoms with van der Waals surface area (Å²) in [7, 11) is -2.70. The number of benzene rings is 3. The largest absolute Gasteiger partial charge is 0.497 e. The summed E-state index contributed by atoms with van der Waals surface area (Å²) in [5.74, 6) is -0.405. The highest BCUT2D eigenvalue weighted by Crippen LogP contribution is 2.29. The van der Waals surface area contributed by atoms with E-state index in [4.69, 9.17) is 27.9 Å². The first-order valence-corrected chi connectivity index (χ1v) is 16.1. The van der Waals surface area contributed by atoms with Gasteiger partial charge in [-0.1, -0.05) is 66.7 Å². The van der Waals surface area contributed by atoms with E-state index in [2.05, 4.69) is 5.32 Å². The second-order valence-electron chi connectivity index (χ2n) is 10.3. The maximum Gasteiger partial charge on any atom is 0.264 e. The Morgan fingerprint density at radius 2 is 1.55 bits per heavy atom. The second kappa shape index (κ2) is 14.3. The molecular weight excluding hydrogens is 597 g/mol. The Bertz CT molecular complexity index is 1460. The first-order chi connectivity index (χ1) is 20.1. The van der Waals surface area contributed by atoms with Crippen molar-refractivity contribution in [3.05, 3.63) is 88.4 Å². The molecule has 2 amide bonds. The quantitative estimate of drug-likeness (QED) is 0.277. The van der Waals surface area contributed by atoms with Crippen LogP contribution in [0.4, 0.5) is 5.69 Å². The Morgan fingerprint density at radius 3 is 2.14 bits per heavy atom. The maximum atomic E-state index is 14.1. The summed E-state index contributed by atoms with van der Waals surface area (Å²) >= 11 is 12.9. The van der Waals surface area contributed by atoms with E-state index in [1.54, 1.807) is 67.6 Å². The van der Waals surface area contributed by atoms with Gasteiger partial charge in [0.15, 0.2) is 0 Å². The molecule has 224 valence electrons. The zero-order chi connectivity index (χ0) is 30.3. The molecule has 0 bridgehead atoms. The second-order valence-corrected chi connectivity index (χ2v) is 12.9. The van der Waals surface area contributed by atoms with E-state index in [1.807, 2.05) is 0 Å². The predicted molar refractivity (Wildman–Crippen MR) is 165 cm³/mol. The van der Waals surface area contributed by atoms with Crippen molar-refractivity contribution < 1.29 is 22.7 Å². The van der Waals surface area contributed by atoms with E-state index >= 15 is 0 Å².